The van der Waals surface area contributed by atoms with Crippen LogP contribution >= 0.6 is 24.0 Å². The van der Waals surface area contributed by atoms with Crippen molar-refractivity contribution < 1.29 is 17.9 Å². The number of sulfone groups is 1. The van der Waals surface area contributed by atoms with E-state index in [9.17, 15) is 13.2 Å². The number of hydrogen-bond acceptors (Lipinski definition) is 5. The first-order valence-electron chi connectivity index (χ1n) is 10.2. The van der Waals surface area contributed by atoms with Crippen molar-refractivity contribution >= 4 is 45.9 Å². The van der Waals surface area contributed by atoms with Crippen LogP contribution in [0.15, 0.2) is 4.99 Å². The molecule has 0 heterocycles. The quantitative estimate of drug-likeness (QED) is 0.254. The van der Waals surface area contributed by atoms with Gasteiger partial charge in [0.1, 0.15) is 5.60 Å². The Labute approximate surface area is 200 Å². The minimum Gasteiger partial charge on any atom is -0.444 e. The van der Waals surface area contributed by atoms with Gasteiger partial charge in [-0.15, -0.1) is 24.0 Å². The number of aliphatic imine (C=N–C) groups is 1. The molecule has 0 rings (SSSR count). The molecule has 180 valence electrons. The van der Waals surface area contributed by atoms with Gasteiger partial charge in [-0.3, -0.25) is 4.99 Å². The number of carbonyl (C=O) groups excluding carboxylic acids is 1. The molecular formula is C20H43IN4O4S. The van der Waals surface area contributed by atoms with Crippen molar-refractivity contribution in [2.75, 3.05) is 32.9 Å². The summed E-state index contributed by atoms with van der Waals surface area (Å²) in [6.45, 7) is 16.4. The minimum absolute atomic E-state index is 0. The number of ether oxygens (including phenoxy) is 1. The zero-order chi connectivity index (χ0) is 23.0. The summed E-state index contributed by atoms with van der Waals surface area (Å²) in [5, 5.41) is 6.15. The van der Waals surface area contributed by atoms with E-state index in [-0.39, 0.29) is 42.5 Å². The third-order valence-electron chi connectivity index (χ3n) is 4.59. The largest absolute Gasteiger partial charge is 0.444 e. The Kier molecular flexibility index (Phi) is 13.5. The lowest BCUT2D eigenvalue weighted by molar-refractivity contribution is 0.0485. The molecule has 2 N–H and O–H groups in total. The highest BCUT2D eigenvalue weighted by molar-refractivity contribution is 14.0. The number of nitrogens with one attached hydrogen (secondary N) is 2. The molecule has 0 aliphatic carbocycles. The molecule has 10 heteroatoms. The molecule has 0 spiro atoms. The number of nitrogens with zero attached hydrogens (tertiary/aromatic N) is 2. The van der Waals surface area contributed by atoms with Gasteiger partial charge in [0.05, 0.1) is 11.3 Å². The summed E-state index contributed by atoms with van der Waals surface area (Å²) >= 11 is 0. The van der Waals surface area contributed by atoms with Gasteiger partial charge in [-0.25, -0.2) is 13.2 Å². The highest BCUT2D eigenvalue weighted by Gasteiger charge is 2.30. The molecule has 0 aliphatic rings. The number of rotatable bonds is 9. The summed E-state index contributed by atoms with van der Waals surface area (Å²) in [5.74, 6) is 0.878. The average molecular weight is 563 g/mol. The highest BCUT2D eigenvalue weighted by Crippen LogP contribution is 2.16. The van der Waals surface area contributed by atoms with Crippen molar-refractivity contribution in [2.24, 2.45) is 10.9 Å². The maximum Gasteiger partial charge on any atom is 0.407 e. The smallest absolute Gasteiger partial charge is 0.407 e. The highest BCUT2D eigenvalue weighted by atomic mass is 127. The summed E-state index contributed by atoms with van der Waals surface area (Å²) in [4.78, 5) is 18.6. The predicted octanol–water partition coefficient (Wildman–Crippen LogP) is 3.26. The molecule has 1 unspecified atom stereocenters. The fourth-order valence-corrected chi connectivity index (χ4v) is 2.62. The van der Waals surface area contributed by atoms with Crippen LogP contribution in [0.4, 0.5) is 4.79 Å². The Hall–Kier alpha value is -0.780. The van der Waals surface area contributed by atoms with Crippen LogP contribution in [-0.4, -0.2) is 74.7 Å². The van der Waals surface area contributed by atoms with E-state index in [0.717, 1.165) is 0 Å². The number of amides is 1. The Bertz CT molecular complexity index is 658. The van der Waals surface area contributed by atoms with Crippen molar-refractivity contribution in [1.82, 2.24) is 15.5 Å². The van der Waals surface area contributed by atoms with E-state index in [4.69, 9.17) is 4.74 Å². The first kappa shape index (κ1) is 31.4. The normalized spacial score (nSPS) is 14.0. The van der Waals surface area contributed by atoms with Gasteiger partial charge < -0.3 is 20.3 Å². The van der Waals surface area contributed by atoms with Crippen molar-refractivity contribution in [1.29, 1.82) is 0 Å². The molecule has 0 radical (unpaired) electrons. The van der Waals surface area contributed by atoms with E-state index >= 15 is 0 Å². The van der Waals surface area contributed by atoms with Crippen LogP contribution < -0.4 is 10.6 Å². The molecule has 1 amide bonds. The van der Waals surface area contributed by atoms with E-state index in [2.05, 4.69) is 29.5 Å². The summed E-state index contributed by atoms with van der Waals surface area (Å²) in [6.07, 6.45) is 1.51. The van der Waals surface area contributed by atoms with Gasteiger partial charge >= 0.3 is 6.09 Å². The molecule has 0 bridgehead atoms. The second-order valence-electron chi connectivity index (χ2n) is 9.41. The van der Waals surface area contributed by atoms with Crippen LogP contribution in [0.1, 0.15) is 61.8 Å². The molecule has 0 saturated heterocycles. The monoisotopic (exact) mass is 562 g/mol. The van der Waals surface area contributed by atoms with Crippen LogP contribution in [0.3, 0.4) is 0 Å². The van der Waals surface area contributed by atoms with Crippen molar-refractivity contribution in [3.8, 4) is 0 Å². The van der Waals surface area contributed by atoms with Crippen LogP contribution in [0.2, 0.25) is 0 Å². The summed E-state index contributed by atoms with van der Waals surface area (Å²) in [5.41, 5.74) is -0.542. The molecule has 0 aliphatic heterocycles. The minimum atomic E-state index is -3.22. The zero-order valence-corrected chi connectivity index (χ0v) is 23.5. The number of alkyl carbamates (subject to hydrolysis) is 1. The summed E-state index contributed by atoms with van der Waals surface area (Å²) in [7, 11) is -1.32. The van der Waals surface area contributed by atoms with E-state index in [1.807, 2.05) is 39.6 Å². The molecular weight excluding hydrogens is 519 g/mol. The third-order valence-corrected chi connectivity index (χ3v) is 6.73. The van der Waals surface area contributed by atoms with E-state index < -0.39 is 26.3 Å². The average Bonchev–Trinajstić information content (AvgIpc) is 2.51. The van der Waals surface area contributed by atoms with Gasteiger partial charge in [-0.05, 0) is 53.9 Å². The Balaban J connectivity index is 0. The molecule has 0 aromatic carbocycles. The van der Waals surface area contributed by atoms with Gasteiger partial charge in [0.2, 0.25) is 0 Å². The lowest BCUT2D eigenvalue weighted by atomic mass is 10.0. The fraction of sp³-hybridized carbons (Fsp3) is 0.900. The standard InChI is InChI=1S/C20H42N4O4S.HI/c1-11-21-17(22-14-20(7,8)29(10,26)27)24(9)13-12-16(15(2)3)23-18(25)28-19(4,5)6;/h15-16H,11-14H2,1-10H3,(H,21,22)(H,23,25);1H. The third kappa shape index (κ3) is 12.2. The maximum absolute atomic E-state index is 12.1. The Morgan fingerprint density at radius 1 is 1.17 bits per heavy atom. The van der Waals surface area contributed by atoms with Crippen molar-refractivity contribution in [2.45, 2.75) is 78.2 Å². The molecule has 30 heavy (non-hydrogen) atoms. The van der Waals surface area contributed by atoms with Crippen LogP contribution in [0, 0.1) is 5.92 Å². The van der Waals surface area contributed by atoms with Gasteiger partial charge in [-0.2, -0.15) is 0 Å². The SMILES string of the molecule is CCNC(=NCC(C)(C)S(C)(=O)=O)N(C)CCC(NC(=O)OC(C)(C)C)C(C)C.I. The van der Waals surface area contributed by atoms with E-state index in [1.165, 1.54) is 6.26 Å². The molecule has 0 fully saturated rings. The topological polar surface area (TPSA) is 100 Å². The first-order chi connectivity index (χ1) is 13.0. The first-order valence-corrected chi connectivity index (χ1v) is 12.1. The van der Waals surface area contributed by atoms with E-state index in [1.54, 1.807) is 13.8 Å². The van der Waals surface area contributed by atoms with Crippen LogP contribution in [0.25, 0.3) is 0 Å². The predicted molar refractivity (Wildman–Crippen MR) is 136 cm³/mol. The Morgan fingerprint density at radius 3 is 2.10 bits per heavy atom. The summed E-state index contributed by atoms with van der Waals surface area (Å²) < 4.78 is 28.3. The Morgan fingerprint density at radius 2 is 1.70 bits per heavy atom. The molecule has 8 nitrogen and oxygen atoms in total. The van der Waals surface area contributed by atoms with Crippen molar-refractivity contribution in [3.05, 3.63) is 0 Å². The number of halogens is 1. The van der Waals surface area contributed by atoms with Gasteiger partial charge in [-0.1, -0.05) is 13.8 Å². The maximum atomic E-state index is 12.1. The van der Waals surface area contributed by atoms with Crippen LogP contribution in [0.5, 0.6) is 0 Å². The van der Waals surface area contributed by atoms with Crippen LogP contribution in [-0.2, 0) is 14.6 Å². The number of hydrogen-bond donors (Lipinski definition) is 2. The van der Waals surface area contributed by atoms with Crippen molar-refractivity contribution in [3.63, 3.8) is 0 Å². The lowest BCUT2D eigenvalue weighted by Gasteiger charge is -2.29. The molecule has 0 saturated carbocycles. The molecule has 1 atom stereocenters. The van der Waals surface area contributed by atoms with Gasteiger partial charge in [0.15, 0.2) is 15.8 Å². The number of carbonyl (C=O) groups is 1. The second kappa shape index (κ2) is 12.9. The molecule has 0 aromatic heterocycles. The number of guanidine groups is 1. The fourth-order valence-electron chi connectivity index (χ4n) is 2.32. The van der Waals surface area contributed by atoms with Gasteiger partial charge in [0, 0.05) is 32.4 Å². The lowest BCUT2D eigenvalue weighted by Crippen LogP contribution is -2.46. The molecule has 0 aromatic rings. The van der Waals surface area contributed by atoms with E-state index in [0.29, 0.717) is 25.5 Å². The van der Waals surface area contributed by atoms with Gasteiger partial charge in [0.25, 0.3) is 0 Å². The summed E-state index contributed by atoms with van der Waals surface area (Å²) in [6, 6.07) is -0.0531. The zero-order valence-electron chi connectivity index (χ0n) is 20.3. The second-order valence-corrected chi connectivity index (χ2v) is 12.1.